The molecule has 0 amide bonds. The molecule has 9 aromatic rings. The molecule has 0 unspecified atom stereocenters. The van der Waals surface area contributed by atoms with Crippen LogP contribution in [-0.2, 0) is 0 Å². The van der Waals surface area contributed by atoms with Crippen LogP contribution < -0.4 is 4.90 Å². The number of aryl methyl sites for hydroxylation is 2. The van der Waals surface area contributed by atoms with Crippen molar-refractivity contribution in [1.82, 2.24) is 19.3 Å². The van der Waals surface area contributed by atoms with Gasteiger partial charge in [-0.25, -0.2) is 0 Å². The Balaban J connectivity index is 1.12. The van der Waals surface area contributed by atoms with E-state index in [2.05, 4.69) is 186 Å². The third-order valence-corrected chi connectivity index (χ3v) is 9.79. The first kappa shape index (κ1) is 30.3. The van der Waals surface area contributed by atoms with Crippen LogP contribution in [0.1, 0.15) is 11.1 Å². The highest BCUT2D eigenvalue weighted by molar-refractivity contribution is 6.09. The number of fused-ring (bicyclic) bond motifs is 3. The topological polar surface area (TPSA) is 38.9 Å². The molecule has 5 nitrogen and oxygen atoms in total. The van der Waals surface area contributed by atoms with Crippen molar-refractivity contribution in [3.05, 3.63) is 187 Å². The minimum absolute atomic E-state index is 0.797. The standard InChI is InChI=1S/C46H35N5/c1-32-21-24-40(31-33(32)2)51-45(34-13-5-3-6-14-34)47-48-46(51)35-22-25-37(26-23-35)49(36-15-7-4-8-16-36)38-27-29-39(30-28-38)50-43-19-11-9-17-41(43)42-18-10-12-20-44(42)50/h3-31H,1-2H3. The van der Waals surface area contributed by atoms with E-state index >= 15 is 0 Å². The zero-order valence-electron chi connectivity index (χ0n) is 28.5. The van der Waals surface area contributed by atoms with E-state index in [0.29, 0.717) is 0 Å². The van der Waals surface area contributed by atoms with Crippen molar-refractivity contribution in [3.63, 3.8) is 0 Å². The van der Waals surface area contributed by atoms with Crippen molar-refractivity contribution in [2.75, 3.05) is 4.90 Å². The van der Waals surface area contributed by atoms with Crippen LogP contribution in [0, 0.1) is 13.8 Å². The van der Waals surface area contributed by atoms with Crippen LogP contribution in [0.5, 0.6) is 0 Å². The summed E-state index contributed by atoms with van der Waals surface area (Å²) in [4.78, 5) is 2.29. The molecular weight excluding hydrogens is 623 g/mol. The molecule has 7 aromatic carbocycles. The Hall–Kier alpha value is -6.72. The predicted octanol–water partition coefficient (Wildman–Crippen LogP) is 11.8. The predicted molar refractivity (Wildman–Crippen MR) is 211 cm³/mol. The van der Waals surface area contributed by atoms with Gasteiger partial charge in [-0.1, -0.05) is 91.0 Å². The number of aromatic nitrogens is 4. The summed E-state index contributed by atoms with van der Waals surface area (Å²) in [6.45, 7) is 4.28. The zero-order chi connectivity index (χ0) is 34.3. The summed E-state index contributed by atoms with van der Waals surface area (Å²) >= 11 is 0. The Morgan fingerprint density at radius 3 is 1.45 bits per heavy atom. The lowest BCUT2D eigenvalue weighted by molar-refractivity contribution is 1.06. The molecule has 0 bridgehead atoms. The normalized spacial score (nSPS) is 11.3. The van der Waals surface area contributed by atoms with Crippen LogP contribution in [-0.4, -0.2) is 19.3 Å². The average Bonchev–Trinajstić information content (AvgIpc) is 3.78. The molecule has 0 N–H and O–H groups in total. The second kappa shape index (κ2) is 12.6. The zero-order valence-corrected chi connectivity index (χ0v) is 28.5. The number of hydrogen-bond acceptors (Lipinski definition) is 3. The van der Waals surface area contributed by atoms with E-state index in [9.17, 15) is 0 Å². The number of benzene rings is 7. The number of hydrogen-bond donors (Lipinski definition) is 0. The largest absolute Gasteiger partial charge is 0.311 e. The van der Waals surface area contributed by atoms with Gasteiger partial charge in [0.1, 0.15) is 0 Å². The van der Waals surface area contributed by atoms with E-state index in [1.54, 1.807) is 0 Å². The molecule has 51 heavy (non-hydrogen) atoms. The number of para-hydroxylation sites is 3. The highest BCUT2D eigenvalue weighted by atomic mass is 15.3. The maximum atomic E-state index is 4.76. The minimum Gasteiger partial charge on any atom is -0.311 e. The molecule has 9 rings (SSSR count). The summed E-state index contributed by atoms with van der Waals surface area (Å²) < 4.78 is 4.52. The Morgan fingerprint density at radius 1 is 0.392 bits per heavy atom. The summed E-state index contributed by atoms with van der Waals surface area (Å²) in [5, 5.41) is 12.0. The summed E-state index contributed by atoms with van der Waals surface area (Å²) in [7, 11) is 0. The Labute approximate surface area is 297 Å². The monoisotopic (exact) mass is 657 g/mol. The van der Waals surface area contributed by atoms with Gasteiger partial charge in [-0.2, -0.15) is 0 Å². The Morgan fingerprint density at radius 2 is 0.863 bits per heavy atom. The molecule has 2 heterocycles. The average molecular weight is 658 g/mol. The van der Waals surface area contributed by atoms with E-state index in [1.807, 2.05) is 18.2 Å². The minimum atomic E-state index is 0.797. The molecular formula is C46H35N5. The maximum Gasteiger partial charge on any atom is 0.168 e. The van der Waals surface area contributed by atoms with Gasteiger partial charge in [-0.3, -0.25) is 4.57 Å². The number of anilines is 3. The highest BCUT2D eigenvalue weighted by Gasteiger charge is 2.19. The smallest absolute Gasteiger partial charge is 0.168 e. The van der Waals surface area contributed by atoms with Gasteiger partial charge in [0.15, 0.2) is 11.6 Å². The van der Waals surface area contributed by atoms with Gasteiger partial charge in [-0.05, 0) is 110 Å². The summed E-state index contributed by atoms with van der Waals surface area (Å²) in [6, 6.07) is 62.1. The van der Waals surface area contributed by atoms with Crippen molar-refractivity contribution in [3.8, 4) is 34.2 Å². The SMILES string of the molecule is Cc1ccc(-n2c(-c3ccccc3)nnc2-c2ccc(N(c3ccccc3)c3ccc(-n4c5ccccc5c5ccccc54)cc3)cc2)cc1C. The first-order chi connectivity index (χ1) is 25.1. The van der Waals surface area contributed by atoms with Gasteiger partial charge in [0.05, 0.1) is 11.0 Å². The summed E-state index contributed by atoms with van der Waals surface area (Å²) in [5.41, 5.74) is 12.3. The molecule has 5 heteroatoms. The van der Waals surface area contributed by atoms with E-state index in [-0.39, 0.29) is 0 Å². The molecule has 2 aromatic heterocycles. The molecule has 0 radical (unpaired) electrons. The molecule has 0 aliphatic rings. The van der Waals surface area contributed by atoms with Gasteiger partial charge in [0.25, 0.3) is 0 Å². The third-order valence-electron chi connectivity index (χ3n) is 9.79. The lowest BCUT2D eigenvalue weighted by atomic mass is 10.1. The molecule has 0 atom stereocenters. The Bertz CT molecular complexity index is 2580. The molecule has 0 aliphatic carbocycles. The van der Waals surface area contributed by atoms with E-state index in [1.165, 1.54) is 32.9 Å². The molecule has 0 aliphatic heterocycles. The molecule has 0 fully saturated rings. The van der Waals surface area contributed by atoms with Crippen molar-refractivity contribution in [2.24, 2.45) is 0 Å². The van der Waals surface area contributed by atoms with Crippen molar-refractivity contribution in [1.29, 1.82) is 0 Å². The van der Waals surface area contributed by atoms with Gasteiger partial charge >= 0.3 is 0 Å². The van der Waals surface area contributed by atoms with Crippen molar-refractivity contribution >= 4 is 38.9 Å². The van der Waals surface area contributed by atoms with Gasteiger partial charge in [-0.15, -0.1) is 10.2 Å². The van der Waals surface area contributed by atoms with Crippen molar-refractivity contribution < 1.29 is 0 Å². The fraction of sp³-hybridized carbons (Fsp3) is 0.0435. The van der Waals surface area contributed by atoms with Crippen LogP contribution in [0.25, 0.3) is 56.0 Å². The third kappa shape index (κ3) is 5.36. The van der Waals surface area contributed by atoms with Crippen LogP contribution >= 0.6 is 0 Å². The van der Waals surface area contributed by atoms with Crippen molar-refractivity contribution in [2.45, 2.75) is 13.8 Å². The first-order valence-corrected chi connectivity index (χ1v) is 17.3. The first-order valence-electron chi connectivity index (χ1n) is 17.3. The molecule has 0 spiro atoms. The van der Waals surface area contributed by atoms with Crippen LogP contribution in [0.2, 0.25) is 0 Å². The van der Waals surface area contributed by atoms with Gasteiger partial charge in [0.2, 0.25) is 0 Å². The summed E-state index contributed by atoms with van der Waals surface area (Å²) in [5.74, 6) is 1.61. The number of rotatable bonds is 7. The van der Waals surface area contributed by atoms with Crippen LogP contribution in [0.4, 0.5) is 17.1 Å². The fourth-order valence-electron chi connectivity index (χ4n) is 7.09. The number of nitrogens with zero attached hydrogens (tertiary/aromatic N) is 5. The lowest BCUT2D eigenvalue weighted by Gasteiger charge is -2.26. The molecule has 0 saturated carbocycles. The second-order valence-electron chi connectivity index (χ2n) is 12.9. The van der Waals surface area contributed by atoms with Gasteiger partial charge < -0.3 is 9.47 Å². The van der Waals surface area contributed by atoms with Crippen LogP contribution in [0.3, 0.4) is 0 Å². The highest BCUT2D eigenvalue weighted by Crippen LogP contribution is 2.38. The van der Waals surface area contributed by atoms with E-state index in [0.717, 1.165) is 51.2 Å². The Kier molecular flexibility index (Phi) is 7.51. The second-order valence-corrected chi connectivity index (χ2v) is 12.9. The molecule has 0 saturated heterocycles. The summed E-state index contributed by atoms with van der Waals surface area (Å²) in [6.07, 6.45) is 0. The van der Waals surface area contributed by atoms with E-state index in [4.69, 9.17) is 10.2 Å². The quantitative estimate of drug-likeness (QED) is 0.171. The van der Waals surface area contributed by atoms with Gasteiger partial charge in [0, 0.05) is 50.3 Å². The lowest BCUT2D eigenvalue weighted by Crippen LogP contribution is -2.10. The maximum absolute atomic E-state index is 4.76. The van der Waals surface area contributed by atoms with Crippen LogP contribution in [0.15, 0.2) is 176 Å². The van der Waals surface area contributed by atoms with E-state index < -0.39 is 0 Å². The fourth-order valence-corrected chi connectivity index (χ4v) is 7.09. The molecule has 244 valence electrons.